The number of benzene rings is 1. The van der Waals surface area contributed by atoms with Crippen molar-refractivity contribution in [2.24, 2.45) is 0 Å². The quantitative estimate of drug-likeness (QED) is 0.588. The first-order valence-electron chi connectivity index (χ1n) is 6.20. The Labute approximate surface area is 102 Å². The van der Waals surface area contributed by atoms with Crippen molar-refractivity contribution >= 4 is 0 Å². The van der Waals surface area contributed by atoms with Gasteiger partial charge in [-0.25, -0.2) is 0 Å². The molecule has 0 saturated carbocycles. The first kappa shape index (κ1) is 12.2. The van der Waals surface area contributed by atoms with Gasteiger partial charge < -0.3 is 19.6 Å². The molecule has 1 saturated heterocycles. The molecule has 0 bridgehead atoms. The maximum atomic E-state index is 9.72. The number of phenolic OH excluding ortho intramolecular Hbond substituents is 1. The van der Waals surface area contributed by atoms with Gasteiger partial charge in [0.15, 0.2) is 11.5 Å². The van der Waals surface area contributed by atoms with Crippen molar-refractivity contribution in [1.82, 2.24) is 0 Å². The molecule has 17 heavy (non-hydrogen) atoms. The third kappa shape index (κ3) is 3.11. The van der Waals surface area contributed by atoms with Crippen LogP contribution in [0.2, 0.25) is 0 Å². The number of likely N-dealkylation sites (N-methyl/N-ethyl adjacent to an activating group) is 1. The average Bonchev–Trinajstić information content (AvgIpc) is 2.32. The van der Waals surface area contributed by atoms with E-state index < -0.39 is 0 Å². The van der Waals surface area contributed by atoms with Crippen LogP contribution in [-0.2, 0) is 6.54 Å². The third-order valence-electron chi connectivity index (χ3n) is 3.51. The maximum Gasteiger partial charge on any atom is 0.160 e. The molecule has 2 rings (SSSR count). The monoisotopic (exact) mass is 238 g/mol. The lowest BCUT2D eigenvalue weighted by atomic mass is 10.1. The smallest absolute Gasteiger partial charge is 0.160 e. The van der Waals surface area contributed by atoms with Gasteiger partial charge in [0.1, 0.15) is 32.7 Å². The van der Waals surface area contributed by atoms with Crippen LogP contribution < -0.4 is 14.5 Å². The highest BCUT2D eigenvalue weighted by molar-refractivity contribution is 5.41. The van der Waals surface area contributed by atoms with E-state index in [4.69, 9.17) is 4.74 Å². The summed E-state index contributed by atoms with van der Waals surface area (Å²) in [5.41, 5.74) is 1.18. The first-order chi connectivity index (χ1) is 8.19. The molecule has 1 aromatic carbocycles. The standard InChI is InChI=1S/C13H20N2O2/c1-14-5-7-15(8-6-14)10-11-3-4-13(17-2)12(16)9-11/h3-4,9,16H,5-8,10H2,1-2H3/p+2. The molecule has 4 heteroatoms. The summed E-state index contributed by atoms with van der Waals surface area (Å²) >= 11 is 0. The lowest BCUT2D eigenvalue weighted by molar-refractivity contribution is -1.01. The van der Waals surface area contributed by atoms with Crippen molar-refractivity contribution in [1.29, 1.82) is 0 Å². The highest BCUT2D eigenvalue weighted by atomic mass is 16.5. The van der Waals surface area contributed by atoms with Crippen LogP contribution in [-0.4, -0.2) is 45.4 Å². The fourth-order valence-electron chi connectivity index (χ4n) is 2.34. The SMILES string of the molecule is COc1ccc(C[NH+]2CC[NH+](C)CC2)cc1O. The van der Waals surface area contributed by atoms with E-state index in [-0.39, 0.29) is 5.75 Å². The van der Waals surface area contributed by atoms with Crippen LogP contribution >= 0.6 is 0 Å². The number of hydrogen-bond acceptors (Lipinski definition) is 2. The molecule has 4 nitrogen and oxygen atoms in total. The number of piperazine rings is 1. The molecule has 0 unspecified atom stereocenters. The van der Waals surface area contributed by atoms with Crippen LogP contribution in [0, 0.1) is 0 Å². The number of phenols is 1. The van der Waals surface area contributed by atoms with Crippen molar-refractivity contribution in [2.75, 3.05) is 40.3 Å². The summed E-state index contributed by atoms with van der Waals surface area (Å²) in [7, 11) is 3.82. The van der Waals surface area contributed by atoms with Gasteiger partial charge in [-0.3, -0.25) is 0 Å². The predicted octanol–water partition coefficient (Wildman–Crippen LogP) is -1.69. The lowest BCUT2D eigenvalue weighted by Gasteiger charge is -2.27. The highest BCUT2D eigenvalue weighted by Crippen LogP contribution is 2.25. The molecule has 0 radical (unpaired) electrons. The van der Waals surface area contributed by atoms with E-state index in [9.17, 15) is 5.11 Å². The molecule has 0 spiro atoms. The summed E-state index contributed by atoms with van der Waals surface area (Å²) < 4.78 is 5.04. The Morgan fingerprint density at radius 2 is 1.94 bits per heavy atom. The zero-order chi connectivity index (χ0) is 12.3. The second-order valence-corrected chi connectivity index (χ2v) is 4.89. The molecular formula is C13H22N2O2+2. The summed E-state index contributed by atoms with van der Waals surface area (Å²) in [6.07, 6.45) is 0. The molecule has 0 aromatic heterocycles. The summed E-state index contributed by atoms with van der Waals surface area (Å²) in [5.74, 6) is 0.788. The number of nitrogens with one attached hydrogen (secondary N) is 2. The van der Waals surface area contributed by atoms with E-state index in [1.165, 1.54) is 31.7 Å². The van der Waals surface area contributed by atoms with Gasteiger partial charge in [0.25, 0.3) is 0 Å². The minimum absolute atomic E-state index is 0.240. The van der Waals surface area contributed by atoms with Crippen molar-refractivity contribution in [3.05, 3.63) is 23.8 Å². The van der Waals surface area contributed by atoms with Gasteiger partial charge in [-0.15, -0.1) is 0 Å². The molecule has 1 heterocycles. The van der Waals surface area contributed by atoms with E-state index >= 15 is 0 Å². The Morgan fingerprint density at radius 3 is 2.53 bits per heavy atom. The topological polar surface area (TPSA) is 38.3 Å². The second kappa shape index (κ2) is 5.38. The Morgan fingerprint density at radius 1 is 1.24 bits per heavy atom. The number of ether oxygens (including phenoxy) is 1. The van der Waals surface area contributed by atoms with Gasteiger partial charge in [-0.1, -0.05) is 0 Å². The van der Waals surface area contributed by atoms with Gasteiger partial charge in [0.05, 0.1) is 14.2 Å². The summed E-state index contributed by atoms with van der Waals surface area (Å²) in [4.78, 5) is 3.21. The van der Waals surface area contributed by atoms with Gasteiger partial charge in [-0.2, -0.15) is 0 Å². The van der Waals surface area contributed by atoms with Crippen LogP contribution in [0.15, 0.2) is 18.2 Å². The molecular weight excluding hydrogens is 216 g/mol. The zero-order valence-electron chi connectivity index (χ0n) is 10.6. The molecule has 0 atom stereocenters. The van der Waals surface area contributed by atoms with E-state index in [0.717, 1.165) is 6.54 Å². The molecule has 3 N–H and O–H groups in total. The molecule has 0 amide bonds. The van der Waals surface area contributed by atoms with E-state index in [2.05, 4.69) is 7.05 Å². The number of quaternary nitrogens is 2. The number of methoxy groups -OCH3 is 1. The molecule has 94 valence electrons. The predicted molar refractivity (Wildman–Crippen MR) is 65.7 cm³/mol. The van der Waals surface area contributed by atoms with Crippen LogP contribution in [0.4, 0.5) is 0 Å². The normalized spacial score (nSPS) is 24.6. The van der Waals surface area contributed by atoms with Crippen LogP contribution in [0.3, 0.4) is 0 Å². The van der Waals surface area contributed by atoms with Crippen LogP contribution in [0.25, 0.3) is 0 Å². The lowest BCUT2D eigenvalue weighted by Crippen LogP contribution is -3.26. The molecule has 1 aromatic rings. The van der Waals surface area contributed by atoms with E-state index in [1.54, 1.807) is 16.9 Å². The van der Waals surface area contributed by atoms with Gasteiger partial charge in [-0.05, 0) is 18.2 Å². The Hall–Kier alpha value is -1.26. The minimum Gasteiger partial charge on any atom is -0.504 e. The Kier molecular flexibility index (Phi) is 3.86. The number of hydrogen-bond donors (Lipinski definition) is 3. The first-order valence-corrected chi connectivity index (χ1v) is 6.20. The molecule has 1 aliphatic heterocycles. The van der Waals surface area contributed by atoms with Crippen molar-refractivity contribution in [3.63, 3.8) is 0 Å². The summed E-state index contributed by atoms with van der Waals surface area (Å²) in [6.45, 7) is 5.87. The van der Waals surface area contributed by atoms with Crippen molar-refractivity contribution in [2.45, 2.75) is 6.54 Å². The van der Waals surface area contributed by atoms with Gasteiger partial charge in [0, 0.05) is 5.56 Å². The van der Waals surface area contributed by atoms with Crippen molar-refractivity contribution < 1.29 is 19.6 Å². The third-order valence-corrected chi connectivity index (χ3v) is 3.51. The maximum absolute atomic E-state index is 9.72. The van der Waals surface area contributed by atoms with E-state index in [1.807, 2.05) is 18.2 Å². The highest BCUT2D eigenvalue weighted by Gasteiger charge is 2.20. The zero-order valence-corrected chi connectivity index (χ0v) is 10.6. The fraction of sp³-hybridized carbons (Fsp3) is 0.538. The van der Waals surface area contributed by atoms with E-state index in [0.29, 0.717) is 5.75 Å². The largest absolute Gasteiger partial charge is 0.504 e. The summed E-state index contributed by atoms with van der Waals surface area (Å²) in [5, 5.41) is 9.72. The Bertz CT molecular complexity index is 374. The van der Waals surface area contributed by atoms with Gasteiger partial charge >= 0.3 is 0 Å². The van der Waals surface area contributed by atoms with Crippen molar-refractivity contribution in [3.8, 4) is 11.5 Å². The second-order valence-electron chi connectivity index (χ2n) is 4.89. The number of aromatic hydroxyl groups is 1. The molecule has 1 fully saturated rings. The van der Waals surface area contributed by atoms with Crippen LogP contribution in [0.1, 0.15) is 5.56 Å². The minimum atomic E-state index is 0.240. The summed E-state index contributed by atoms with van der Waals surface area (Å²) in [6, 6.07) is 5.69. The average molecular weight is 238 g/mol. The fourth-order valence-corrected chi connectivity index (χ4v) is 2.34. The number of rotatable bonds is 3. The van der Waals surface area contributed by atoms with Gasteiger partial charge in [0.2, 0.25) is 0 Å². The molecule has 1 aliphatic rings. The van der Waals surface area contributed by atoms with Crippen LogP contribution in [0.5, 0.6) is 11.5 Å². The Balaban J connectivity index is 1.97. The molecule has 0 aliphatic carbocycles.